The van der Waals surface area contributed by atoms with Crippen molar-refractivity contribution in [3.8, 4) is 0 Å². The van der Waals surface area contributed by atoms with Crippen molar-refractivity contribution in [3.63, 3.8) is 0 Å². The van der Waals surface area contributed by atoms with E-state index in [0.29, 0.717) is 0 Å². The number of hydrazine groups is 1. The maximum atomic E-state index is 2.27. The zero-order chi connectivity index (χ0) is 5.98. The van der Waals surface area contributed by atoms with Gasteiger partial charge in [0, 0.05) is 27.2 Å². The summed E-state index contributed by atoms with van der Waals surface area (Å²) < 4.78 is 0. The SMILES string of the molecule is Br.CN1CCCCN1C. The Bertz CT molecular complexity index is 67.5. The van der Waals surface area contributed by atoms with Crippen LogP contribution in [0.4, 0.5) is 0 Å². The average molecular weight is 195 g/mol. The van der Waals surface area contributed by atoms with Crippen LogP contribution in [0.25, 0.3) is 0 Å². The van der Waals surface area contributed by atoms with Gasteiger partial charge in [0.25, 0.3) is 0 Å². The predicted molar refractivity (Wildman–Crippen MR) is 44.8 cm³/mol. The van der Waals surface area contributed by atoms with Crippen molar-refractivity contribution in [2.45, 2.75) is 12.8 Å². The number of rotatable bonds is 0. The second-order valence-electron chi connectivity index (χ2n) is 2.47. The van der Waals surface area contributed by atoms with E-state index in [9.17, 15) is 0 Å². The summed E-state index contributed by atoms with van der Waals surface area (Å²) >= 11 is 0. The topological polar surface area (TPSA) is 6.48 Å². The van der Waals surface area contributed by atoms with Crippen LogP contribution < -0.4 is 0 Å². The molecular weight excluding hydrogens is 180 g/mol. The summed E-state index contributed by atoms with van der Waals surface area (Å²) in [5.41, 5.74) is 0. The van der Waals surface area contributed by atoms with Crippen LogP contribution in [0.1, 0.15) is 12.8 Å². The number of nitrogens with zero attached hydrogens (tertiary/aromatic N) is 2. The van der Waals surface area contributed by atoms with Crippen molar-refractivity contribution in [1.82, 2.24) is 10.0 Å². The molecule has 1 fully saturated rings. The van der Waals surface area contributed by atoms with Crippen LogP contribution in [-0.4, -0.2) is 37.2 Å². The zero-order valence-corrected chi connectivity index (χ0v) is 7.84. The van der Waals surface area contributed by atoms with Crippen molar-refractivity contribution >= 4 is 17.0 Å². The fourth-order valence-corrected chi connectivity index (χ4v) is 1.02. The molecule has 0 spiro atoms. The van der Waals surface area contributed by atoms with Gasteiger partial charge in [0.2, 0.25) is 0 Å². The molecule has 3 heteroatoms. The van der Waals surface area contributed by atoms with Gasteiger partial charge < -0.3 is 0 Å². The Labute approximate surface area is 67.6 Å². The van der Waals surface area contributed by atoms with E-state index < -0.39 is 0 Å². The summed E-state index contributed by atoms with van der Waals surface area (Å²) in [6.45, 7) is 2.47. The lowest BCUT2D eigenvalue weighted by molar-refractivity contribution is -0.00111. The van der Waals surface area contributed by atoms with Crippen molar-refractivity contribution in [1.29, 1.82) is 0 Å². The molecule has 1 heterocycles. The van der Waals surface area contributed by atoms with Gasteiger partial charge in [-0.2, -0.15) is 0 Å². The van der Waals surface area contributed by atoms with Gasteiger partial charge >= 0.3 is 0 Å². The Kier molecular flexibility index (Phi) is 4.44. The first-order valence-corrected chi connectivity index (χ1v) is 3.23. The molecule has 0 bridgehead atoms. The maximum Gasteiger partial charge on any atom is 0.0130 e. The molecule has 1 saturated heterocycles. The molecular formula is C6H15BrN2. The minimum atomic E-state index is 0. The molecule has 0 aromatic rings. The highest BCUT2D eigenvalue weighted by Gasteiger charge is 2.09. The molecule has 0 unspecified atom stereocenters. The van der Waals surface area contributed by atoms with Crippen LogP contribution in [0.5, 0.6) is 0 Å². The molecule has 0 radical (unpaired) electrons. The molecule has 0 N–H and O–H groups in total. The van der Waals surface area contributed by atoms with Gasteiger partial charge in [-0.25, -0.2) is 10.0 Å². The smallest absolute Gasteiger partial charge is 0.0130 e. The van der Waals surface area contributed by atoms with Crippen molar-refractivity contribution in [2.24, 2.45) is 0 Å². The molecule has 1 rings (SSSR count). The monoisotopic (exact) mass is 194 g/mol. The molecule has 0 aromatic carbocycles. The molecule has 0 saturated carbocycles. The molecule has 1 aliphatic rings. The third-order valence-corrected chi connectivity index (χ3v) is 1.80. The summed E-state index contributed by atoms with van der Waals surface area (Å²) in [5.74, 6) is 0. The van der Waals surface area contributed by atoms with Gasteiger partial charge in [0.15, 0.2) is 0 Å². The lowest BCUT2D eigenvalue weighted by Crippen LogP contribution is -2.41. The first-order chi connectivity index (χ1) is 3.80. The number of hydrogen-bond donors (Lipinski definition) is 0. The van der Waals surface area contributed by atoms with Crippen LogP contribution in [0.15, 0.2) is 0 Å². The Morgan fingerprint density at radius 2 is 1.22 bits per heavy atom. The highest BCUT2D eigenvalue weighted by Crippen LogP contribution is 2.04. The molecule has 56 valence electrons. The van der Waals surface area contributed by atoms with Crippen LogP contribution in [0.3, 0.4) is 0 Å². The van der Waals surface area contributed by atoms with Crippen molar-refractivity contribution < 1.29 is 0 Å². The van der Waals surface area contributed by atoms with E-state index in [4.69, 9.17) is 0 Å². The van der Waals surface area contributed by atoms with E-state index >= 15 is 0 Å². The van der Waals surface area contributed by atoms with E-state index in [0.717, 1.165) is 0 Å². The molecule has 0 aliphatic carbocycles. The van der Waals surface area contributed by atoms with E-state index in [1.807, 2.05) is 0 Å². The van der Waals surface area contributed by atoms with Gasteiger partial charge in [-0.05, 0) is 12.8 Å². The fraction of sp³-hybridized carbons (Fsp3) is 1.00. The third kappa shape index (κ3) is 2.65. The second kappa shape index (κ2) is 4.25. The van der Waals surface area contributed by atoms with E-state index in [1.54, 1.807) is 0 Å². The largest absolute Gasteiger partial charge is 0.245 e. The summed E-state index contributed by atoms with van der Waals surface area (Å²) in [4.78, 5) is 0. The third-order valence-electron chi connectivity index (χ3n) is 1.80. The van der Waals surface area contributed by atoms with E-state index in [2.05, 4.69) is 24.1 Å². The molecule has 0 amide bonds. The lowest BCUT2D eigenvalue weighted by Gasteiger charge is -2.32. The Morgan fingerprint density at radius 1 is 0.889 bits per heavy atom. The summed E-state index contributed by atoms with van der Waals surface area (Å²) in [6.07, 6.45) is 2.72. The van der Waals surface area contributed by atoms with E-state index in [1.165, 1.54) is 25.9 Å². The second-order valence-corrected chi connectivity index (χ2v) is 2.47. The van der Waals surface area contributed by atoms with Crippen molar-refractivity contribution in [2.75, 3.05) is 27.2 Å². The van der Waals surface area contributed by atoms with Crippen molar-refractivity contribution in [3.05, 3.63) is 0 Å². The van der Waals surface area contributed by atoms with Gasteiger partial charge in [0.05, 0.1) is 0 Å². The summed E-state index contributed by atoms with van der Waals surface area (Å²) in [5, 5.41) is 4.53. The molecule has 0 aromatic heterocycles. The van der Waals surface area contributed by atoms with Gasteiger partial charge in [-0.1, -0.05) is 0 Å². The first-order valence-electron chi connectivity index (χ1n) is 3.23. The van der Waals surface area contributed by atoms with Crippen LogP contribution in [0.2, 0.25) is 0 Å². The summed E-state index contributed by atoms with van der Waals surface area (Å²) in [6, 6.07) is 0. The first kappa shape index (κ1) is 9.40. The average Bonchev–Trinajstić information content (AvgIpc) is 1.77. The minimum absolute atomic E-state index is 0. The molecule has 0 atom stereocenters. The molecule has 1 aliphatic heterocycles. The Hall–Kier alpha value is 0.400. The Morgan fingerprint density at radius 3 is 1.44 bits per heavy atom. The zero-order valence-electron chi connectivity index (χ0n) is 6.13. The highest BCUT2D eigenvalue weighted by atomic mass is 79.9. The van der Waals surface area contributed by atoms with Gasteiger partial charge in [-0.3, -0.25) is 0 Å². The van der Waals surface area contributed by atoms with Crippen LogP contribution >= 0.6 is 17.0 Å². The maximum absolute atomic E-state index is 2.27. The highest BCUT2D eigenvalue weighted by molar-refractivity contribution is 8.93. The molecule has 2 nitrogen and oxygen atoms in total. The van der Waals surface area contributed by atoms with Crippen LogP contribution in [-0.2, 0) is 0 Å². The summed E-state index contributed by atoms with van der Waals surface area (Å²) in [7, 11) is 4.28. The normalized spacial score (nSPS) is 23.3. The van der Waals surface area contributed by atoms with E-state index in [-0.39, 0.29) is 17.0 Å². The van der Waals surface area contributed by atoms with Gasteiger partial charge in [-0.15, -0.1) is 17.0 Å². The minimum Gasteiger partial charge on any atom is -0.245 e. The fourth-order valence-electron chi connectivity index (χ4n) is 1.02. The number of hydrogen-bond acceptors (Lipinski definition) is 2. The quantitative estimate of drug-likeness (QED) is 0.571. The standard InChI is InChI=1S/C6H14N2.BrH/c1-7-5-3-4-6-8(7)2;/h3-6H2,1-2H3;1H. The molecule has 9 heavy (non-hydrogen) atoms. The predicted octanol–water partition coefficient (Wildman–Crippen LogP) is 1.14. The van der Waals surface area contributed by atoms with Gasteiger partial charge in [0.1, 0.15) is 0 Å². The lowest BCUT2D eigenvalue weighted by atomic mass is 10.2. The number of halogens is 1. The Balaban J connectivity index is 0.000000640. The van der Waals surface area contributed by atoms with Crippen LogP contribution in [0, 0.1) is 0 Å².